The van der Waals surface area contributed by atoms with Crippen molar-refractivity contribution in [2.45, 2.75) is 34.1 Å². The lowest BCUT2D eigenvalue weighted by Gasteiger charge is -2.20. The minimum atomic E-state index is 1.18. The fourth-order valence-electron chi connectivity index (χ4n) is 2.58. The van der Waals surface area contributed by atoms with E-state index < -0.39 is 0 Å². The van der Waals surface area contributed by atoms with Gasteiger partial charge in [0.1, 0.15) is 0 Å². The molecular formula is C13H19N. The van der Waals surface area contributed by atoms with Crippen LogP contribution in [-0.4, -0.2) is 13.6 Å². The van der Waals surface area contributed by atoms with Crippen molar-refractivity contribution in [2.24, 2.45) is 0 Å². The number of hydrogen-bond acceptors (Lipinski definition) is 1. The van der Waals surface area contributed by atoms with E-state index >= 15 is 0 Å². The molecule has 0 aromatic heterocycles. The Kier molecular flexibility index (Phi) is 2.06. The van der Waals surface area contributed by atoms with Crippen molar-refractivity contribution in [3.05, 3.63) is 27.8 Å². The second-order valence-electron chi connectivity index (χ2n) is 4.50. The minimum absolute atomic E-state index is 1.18. The summed E-state index contributed by atoms with van der Waals surface area (Å²) in [5, 5.41) is 0. The lowest BCUT2D eigenvalue weighted by atomic mass is 9.92. The number of fused-ring (bicyclic) bond motifs is 1. The van der Waals surface area contributed by atoms with E-state index in [1.807, 2.05) is 0 Å². The highest BCUT2D eigenvalue weighted by Gasteiger charge is 2.22. The Labute approximate surface area is 86.7 Å². The predicted molar refractivity (Wildman–Crippen MR) is 62.4 cm³/mol. The number of nitrogens with zero attached hydrogens (tertiary/aromatic N) is 1. The van der Waals surface area contributed by atoms with Gasteiger partial charge in [0.25, 0.3) is 0 Å². The summed E-state index contributed by atoms with van der Waals surface area (Å²) in [6.45, 7) is 10.2. The highest BCUT2D eigenvalue weighted by molar-refractivity contribution is 5.69. The second kappa shape index (κ2) is 3.01. The molecule has 0 saturated heterocycles. The third-order valence-electron chi connectivity index (χ3n) is 3.86. The zero-order valence-electron chi connectivity index (χ0n) is 9.86. The third kappa shape index (κ3) is 1.08. The third-order valence-corrected chi connectivity index (χ3v) is 3.86. The maximum atomic E-state index is 2.39. The van der Waals surface area contributed by atoms with Gasteiger partial charge in [0.15, 0.2) is 0 Å². The topological polar surface area (TPSA) is 3.24 Å². The molecule has 0 fully saturated rings. The van der Waals surface area contributed by atoms with Gasteiger partial charge in [-0.1, -0.05) is 0 Å². The normalized spacial score (nSPS) is 14.8. The Balaban J connectivity index is 2.77. The molecule has 1 aromatic carbocycles. The van der Waals surface area contributed by atoms with Gasteiger partial charge in [-0.3, -0.25) is 0 Å². The van der Waals surface area contributed by atoms with Crippen LogP contribution < -0.4 is 4.90 Å². The molecule has 1 heterocycles. The first-order chi connectivity index (χ1) is 6.54. The van der Waals surface area contributed by atoms with E-state index in [9.17, 15) is 0 Å². The monoisotopic (exact) mass is 189 g/mol. The molecule has 0 spiro atoms. The van der Waals surface area contributed by atoms with Gasteiger partial charge in [-0.2, -0.15) is 0 Å². The number of anilines is 1. The highest BCUT2D eigenvalue weighted by atomic mass is 15.1. The van der Waals surface area contributed by atoms with Crippen LogP contribution >= 0.6 is 0 Å². The Hall–Kier alpha value is -0.980. The summed E-state index contributed by atoms with van der Waals surface area (Å²) >= 11 is 0. The summed E-state index contributed by atoms with van der Waals surface area (Å²) in [6, 6.07) is 0. The van der Waals surface area contributed by atoms with Crippen LogP contribution in [0.4, 0.5) is 5.69 Å². The van der Waals surface area contributed by atoms with E-state index in [0.717, 1.165) is 0 Å². The Morgan fingerprint density at radius 2 is 1.43 bits per heavy atom. The van der Waals surface area contributed by atoms with Gasteiger partial charge in [-0.25, -0.2) is 0 Å². The van der Waals surface area contributed by atoms with Crippen LogP contribution in [0.25, 0.3) is 0 Å². The summed E-state index contributed by atoms with van der Waals surface area (Å²) < 4.78 is 0. The van der Waals surface area contributed by atoms with Crippen molar-refractivity contribution in [1.82, 2.24) is 0 Å². The maximum Gasteiger partial charge on any atom is 0.0432 e. The fourth-order valence-corrected chi connectivity index (χ4v) is 2.58. The Bertz CT molecular complexity index is 391. The summed E-state index contributed by atoms with van der Waals surface area (Å²) in [5.41, 5.74) is 9.00. The van der Waals surface area contributed by atoms with Crippen LogP contribution in [0.3, 0.4) is 0 Å². The van der Waals surface area contributed by atoms with E-state index in [0.29, 0.717) is 0 Å². The molecule has 0 unspecified atom stereocenters. The SMILES string of the molecule is Cc1c(C)c(C)c2c(c1C)CCN2C. The molecule has 0 N–H and O–H groups in total. The molecule has 0 bridgehead atoms. The van der Waals surface area contributed by atoms with Crippen LogP contribution in [0.15, 0.2) is 0 Å². The molecule has 76 valence electrons. The van der Waals surface area contributed by atoms with Crippen LogP contribution in [0, 0.1) is 27.7 Å². The molecule has 0 atom stereocenters. The molecule has 1 aromatic rings. The van der Waals surface area contributed by atoms with Gasteiger partial charge in [-0.05, 0) is 61.9 Å². The van der Waals surface area contributed by atoms with Gasteiger partial charge >= 0.3 is 0 Å². The summed E-state index contributed by atoms with van der Waals surface area (Å²) in [4.78, 5) is 2.39. The van der Waals surface area contributed by atoms with E-state index in [1.165, 1.54) is 40.9 Å². The lowest BCUT2D eigenvalue weighted by molar-refractivity contribution is 0.951. The van der Waals surface area contributed by atoms with Crippen LogP contribution in [0.5, 0.6) is 0 Å². The minimum Gasteiger partial charge on any atom is -0.374 e. The van der Waals surface area contributed by atoms with Gasteiger partial charge in [0, 0.05) is 19.3 Å². The van der Waals surface area contributed by atoms with Gasteiger partial charge in [0.05, 0.1) is 0 Å². The average Bonchev–Trinajstić information content (AvgIpc) is 2.54. The smallest absolute Gasteiger partial charge is 0.0432 e. The van der Waals surface area contributed by atoms with Crippen molar-refractivity contribution in [2.75, 3.05) is 18.5 Å². The number of rotatable bonds is 0. The predicted octanol–water partition coefficient (Wildman–Crippen LogP) is 2.91. The van der Waals surface area contributed by atoms with E-state index in [1.54, 1.807) is 5.56 Å². The van der Waals surface area contributed by atoms with Crippen molar-refractivity contribution >= 4 is 5.69 Å². The van der Waals surface area contributed by atoms with Crippen LogP contribution in [0.1, 0.15) is 27.8 Å². The quantitative estimate of drug-likeness (QED) is 0.606. The van der Waals surface area contributed by atoms with E-state index in [2.05, 4.69) is 39.6 Å². The molecule has 14 heavy (non-hydrogen) atoms. The van der Waals surface area contributed by atoms with Crippen molar-refractivity contribution in [1.29, 1.82) is 0 Å². The first-order valence-corrected chi connectivity index (χ1v) is 5.34. The van der Waals surface area contributed by atoms with Gasteiger partial charge in [0.2, 0.25) is 0 Å². The summed E-state index contributed by atoms with van der Waals surface area (Å²) in [7, 11) is 2.20. The van der Waals surface area contributed by atoms with Gasteiger partial charge in [-0.15, -0.1) is 0 Å². The largest absolute Gasteiger partial charge is 0.374 e. The number of likely N-dealkylation sites (N-methyl/N-ethyl adjacent to an activating group) is 1. The molecule has 0 amide bonds. The molecule has 1 heteroatoms. The molecule has 0 saturated carbocycles. The molecule has 1 aliphatic rings. The molecule has 2 rings (SSSR count). The van der Waals surface area contributed by atoms with Crippen molar-refractivity contribution in [3.63, 3.8) is 0 Å². The summed E-state index contributed by atoms with van der Waals surface area (Å²) in [6.07, 6.45) is 1.22. The zero-order chi connectivity index (χ0) is 10.5. The Morgan fingerprint density at radius 1 is 0.857 bits per heavy atom. The van der Waals surface area contributed by atoms with E-state index in [4.69, 9.17) is 0 Å². The van der Waals surface area contributed by atoms with Crippen molar-refractivity contribution in [3.8, 4) is 0 Å². The van der Waals surface area contributed by atoms with Crippen LogP contribution in [0.2, 0.25) is 0 Å². The van der Waals surface area contributed by atoms with Crippen molar-refractivity contribution < 1.29 is 0 Å². The molecule has 0 radical (unpaired) electrons. The van der Waals surface area contributed by atoms with Crippen LogP contribution in [-0.2, 0) is 6.42 Å². The number of benzene rings is 1. The fraction of sp³-hybridized carbons (Fsp3) is 0.538. The Morgan fingerprint density at radius 3 is 2.07 bits per heavy atom. The molecule has 1 nitrogen and oxygen atoms in total. The average molecular weight is 189 g/mol. The molecule has 1 aliphatic heterocycles. The number of hydrogen-bond donors (Lipinski definition) is 0. The van der Waals surface area contributed by atoms with Gasteiger partial charge < -0.3 is 4.90 Å². The lowest BCUT2D eigenvalue weighted by Crippen LogP contribution is -2.14. The molecular weight excluding hydrogens is 170 g/mol. The highest BCUT2D eigenvalue weighted by Crippen LogP contribution is 2.36. The first-order valence-electron chi connectivity index (χ1n) is 5.34. The first kappa shape index (κ1) is 9.57. The maximum absolute atomic E-state index is 2.39. The van der Waals surface area contributed by atoms with E-state index in [-0.39, 0.29) is 0 Å². The summed E-state index contributed by atoms with van der Waals surface area (Å²) in [5.74, 6) is 0. The zero-order valence-corrected chi connectivity index (χ0v) is 9.86. The second-order valence-corrected chi connectivity index (χ2v) is 4.50. The standard InChI is InChI=1S/C13H19N/c1-8-9(2)11(4)13-12(10(8)3)6-7-14(13)5/h6-7H2,1-5H3. The molecule has 0 aliphatic carbocycles.